The second kappa shape index (κ2) is 13.0. The summed E-state index contributed by atoms with van der Waals surface area (Å²) < 4.78 is 24.3. The number of hydrogen-bond donors (Lipinski definition) is 0. The number of para-hydroxylation sites is 1. The monoisotopic (exact) mass is 718 g/mol. The third kappa shape index (κ3) is 5.27. The largest absolute Gasteiger partial charge is 0.495 e. The number of hydrogen-bond acceptors (Lipinski definition) is 15. The zero-order valence-corrected chi connectivity index (χ0v) is 29.3. The maximum atomic E-state index is 14.3. The molecule has 0 N–H and O–H groups in total. The molecule has 0 aliphatic carbocycles. The first kappa shape index (κ1) is 35.1. The molecule has 4 aliphatic rings. The van der Waals surface area contributed by atoms with E-state index in [-0.39, 0.29) is 44.6 Å². The second-order valence-corrected chi connectivity index (χ2v) is 14.7. The van der Waals surface area contributed by atoms with Crippen molar-refractivity contribution in [3.8, 4) is 5.75 Å². The Morgan fingerprint density at radius 3 is 1.79 bits per heavy atom. The third-order valence-electron chi connectivity index (χ3n) is 8.04. The van der Waals surface area contributed by atoms with Crippen molar-refractivity contribution >= 4 is 88.1 Å². The number of fused-ring (bicyclic) bond motifs is 3. The maximum absolute atomic E-state index is 14.3. The maximum Gasteiger partial charge on any atom is 0.345 e. The van der Waals surface area contributed by atoms with Gasteiger partial charge in [-0.25, -0.2) is 19.2 Å². The van der Waals surface area contributed by atoms with Crippen molar-refractivity contribution in [3.63, 3.8) is 0 Å². The highest BCUT2D eigenvalue weighted by Gasteiger charge is 2.62. The normalized spacial score (nSPS) is 19.3. The molecule has 3 amide bonds. The Bertz CT molecular complexity index is 1750. The van der Waals surface area contributed by atoms with Crippen LogP contribution in [-0.4, -0.2) is 98.2 Å². The molecule has 1 fully saturated rings. The fourth-order valence-electron chi connectivity index (χ4n) is 5.93. The molecule has 1 saturated heterocycles. The van der Waals surface area contributed by atoms with Gasteiger partial charge in [-0.05, 0) is 19.9 Å². The smallest absolute Gasteiger partial charge is 0.345 e. The van der Waals surface area contributed by atoms with E-state index in [0.29, 0.717) is 16.0 Å². The van der Waals surface area contributed by atoms with E-state index in [9.17, 15) is 33.6 Å². The van der Waals surface area contributed by atoms with Crippen LogP contribution in [-0.2, 0) is 52.5 Å². The van der Waals surface area contributed by atoms with E-state index in [0.717, 1.165) is 68.6 Å². The first-order chi connectivity index (χ1) is 22.7. The molecule has 17 heteroatoms. The highest BCUT2D eigenvalue weighted by atomic mass is 32.2. The summed E-state index contributed by atoms with van der Waals surface area (Å²) in [6.45, 7) is 2.80. The molecule has 0 bridgehead atoms. The SMILES string of the molecule is COC(=O)C1=C(C(=O)OC)SC2(S1)C(C(=O)OC)=C(C(=O)OC)SC1=C2c2cccc(OC)c2N(C(=O)CN2C(=O)CCC2=O)C1(C)C. The molecule has 4 heterocycles. The summed E-state index contributed by atoms with van der Waals surface area (Å²) in [5.41, 5.74) is -0.685. The van der Waals surface area contributed by atoms with E-state index in [1.165, 1.54) is 12.0 Å². The quantitative estimate of drug-likeness (QED) is 0.229. The first-order valence-electron chi connectivity index (χ1n) is 14.2. The molecule has 0 aromatic heterocycles. The number of carbonyl (C=O) groups excluding carboxylic acids is 7. The average molecular weight is 719 g/mol. The van der Waals surface area contributed by atoms with Crippen LogP contribution in [0.4, 0.5) is 5.69 Å². The number of carbonyl (C=O) groups is 7. The summed E-state index contributed by atoms with van der Waals surface area (Å²) in [5, 5.41) is 0. The number of imide groups is 1. The molecule has 1 aromatic carbocycles. The van der Waals surface area contributed by atoms with Gasteiger partial charge < -0.3 is 23.7 Å². The summed E-state index contributed by atoms with van der Waals surface area (Å²) in [4.78, 5) is 95.1. The summed E-state index contributed by atoms with van der Waals surface area (Å²) >= 11 is 2.44. The lowest BCUT2D eigenvalue weighted by Crippen LogP contribution is -2.56. The Hall–Kier alpha value is -4.22. The molecule has 0 saturated carbocycles. The second-order valence-electron chi connectivity index (χ2n) is 11.0. The summed E-state index contributed by atoms with van der Waals surface area (Å²) in [7, 11) is 5.90. The molecule has 14 nitrogen and oxygen atoms in total. The van der Waals surface area contributed by atoms with Gasteiger partial charge in [0.1, 0.15) is 31.1 Å². The van der Waals surface area contributed by atoms with Crippen molar-refractivity contribution in [2.24, 2.45) is 0 Å². The molecule has 5 rings (SSSR count). The Morgan fingerprint density at radius 1 is 0.771 bits per heavy atom. The van der Waals surface area contributed by atoms with Gasteiger partial charge in [0.25, 0.3) is 0 Å². The Kier molecular flexibility index (Phi) is 9.51. The van der Waals surface area contributed by atoms with Gasteiger partial charge in [-0.1, -0.05) is 47.4 Å². The lowest BCUT2D eigenvalue weighted by molar-refractivity contribution is -0.142. The van der Waals surface area contributed by atoms with Gasteiger partial charge in [0.15, 0.2) is 0 Å². The van der Waals surface area contributed by atoms with Gasteiger partial charge in [0.2, 0.25) is 17.7 Å². The number of amides is 3. The molecule has 0 unspecified atom stereocenters. The van der Waals surface area contributed by atoms with E-state index < -0.39 is 57.8 Å². The van der Waals surface area contributed by atoms with Crippen LogP contribution in [0.3, 0.4) is 0 Å². The molecule has 0 atom stereocenters. The molecular weight excluding hydrogens is 689 g/mol. The van der Waals surface area contributed by atoms with Gasteiger partial charge in [-0.2, -0.15) is 0 Å². The summed E-state index contributed by atoms with van der Waals surface area (Å²) in [5.74, 6) is -5.03. The van der Waals surface area contributed by atoms with Crippen LogP contribution in [0.25, 0.3) is 5.57 Å². The van der Waals surface area contributed by atoms with Crippen molar-refractivity contribution in [3.05, 3.63) is 49.0 Å². The third-order valence-corrected chi connectivity index (χ3v) is 12.7. The average Bonchev–Trinajstić information content (AvgIpc) is 3.62. The van der Waals surface area contributed by atoms with Crippen molar-refractivity contribution in [1.82, 2.24) is 4.90 Å². The van der Waals surface area contributed by atoms with Gasteiger partial charge in [0, 0.05) is 28.9 Å². The minimum Gasteiger partial charge on any atom is -0.495 e. The van der Waals surface area contributed by atoms with E-state index >= 15 is 0 Å². The number of anilines is 1. The standard InChI is InChI=1S/C31H30N2O12S3/c1-30(2)25-19(14-9-8-10-15(41-3)21(14)33(30)18(36)13-32-16(34)11-12-17(32)35)31(20(26(37)42-4)22(46-25)27(38)43-5)47-23(28(39)44-6)24(48-31)29(40)45-7/h8-10H,11-13H2,1-7H3. The lowest BCUT2D eigenvalue weighted by atomic mass is 9.83. The number of thioether (sulfide) groups is 3. The molecule has 1 aromatic rings. The van der Waals surface area contributed by atoms with E-state index in [1.807, 2.05) is 0 Å². The predicted molar refractivity (Wildman–Crippen MR) is 175 cm³/mol. The molecule has 0 radical (unpaired) electrons. The lowest BCUT2D eigenvalue weighted by Gasteiger charge is -2.51. The van der Waals surface area contributed by atoms with Gasteiger partial charge in [-0.15, -0.1) is 0 Å². The number of likely N-dealkylation sites (tertiary alicyclic amines) is 1. The van der Waals surface area contributed by atoms with E-state index in [2.05, 4.69) is 0 Å². The van der Waals surface area contributed by atoms with E-state index in [1.54, 1.807) is 32.0 Å². The van der Waals surface area contributed by atoms with Crippen LogP contribution >= 0.6 is 35.3 Å². The topological polar surface area (TPSA) is 172 Å². The first-order valence-corrected chi connectivity index (χ1v) is 16.7. The van der Waals surface area contributed by atoms with Gasteiger partial charge in [0.05, 0.1) is 52.3 Å². The molecular formula is C31H30N2O12S3. The number of methoxy groups -OCH3 is 5. The highest BCUT2D eigenvalue weighted by Crippen LogP contribution is 2.71. The number of ether oxygens (including phenoxy) is 5. The zero-order chi connectivity index (χ0) is 35.3. The summed E-state index contributed by atoms with van der Waals surface area (Å²) in [6.07, 6.45) is -0.0294. The van der Waals surface area contributed by atoms with Crippen LogP contribution in [0.15, 0.2) is 43.4 Å². The van der Waals surface area contributed by atoms with Crippen LogP contribution in [0.5, 0.6) is 5.75 Å². The van der Waals surface area contributed by atoms with E-state index in [4.69, 9.17) is 23.7 Å². The number of nitrogens with zero attached hydrogens (tertiary/aromatic N) is 2. The van der Waals surface area contributed by atoms with Crippen molar-refractivity contribution in [2.45, 2.75) is 36.3 Å². The Labute approximate surface area is 287 Å². The molecule has 1 spiro atoms. The number of benzene rings is 1. The van der Waals surface area contributed by atoms with Crippen molar-refractivity contribution in [1.29, 1.82) is 0 Å². The predicted octanol–water partition coefficient (Wildman–Crippen LogP) is 2.76. The number of esters is 4. The molecule has 48 heavy (non-hydrogen) atoms. The summed E-state index contributed by atoms with van der Waals surface area (Å²) in [6, 6.07) is 4.91. The van der Waals surface area contributed by atoms with Gasteiger partial charge >= 0.3 is 23.9 Å². The van der Waals surface area contributed by atoms with Crippen LogP contribution < -0.4 is 9.64 Å². The van der Waals surface area contributed by atoms with Crippen LogP contribution in [0, 0.1) is 0 Å². The fraction of sp³-hybridized carbons (Fsp3) is 0.387. The zero-order valence-electron chi connectivity index (χ0n) is 26.9. The number of rotatable bonds is 7. The van der Waals surface area contributed by atoms with Crippen molar-refractivity contribution in [2.75, 3.05) is 47.0 Å². The Morgan fingerprint density at radius 2 is 1.29 bits per heavy atom. The van der Waals surface area contributed by atoms with Crippen LogP contribution in [0.2, 0.25) is 0 Å². The van der Waals surface area contributed by atoms with Gasteiger partial charge in [-0.3, -0.25) is 24.2 Å². The highest BCUT2D eigenvalue weighted by molar-refractivity contribution is 8.26. The molecule has 254 valence electrons. The van der Waals surface area contributed by atoms with Crippen LogP contribution in [0.1, 0.15) is 32.3 Å². The Balaban J connectivity index is 1.86. The fourth-order valence-corrected chi connectivity index (χ4v) is 11.0. The molecule has 4 aliphatic heterocycles. The minimum atomic E-state index is -1.78. The minimum absolute atomic E-state index is 0.0147. The van der Waals surface area contributed by atoms with Crippen molar-refractivity contribution < 1.29 is 57.2 Å².